The number of halogens is 1. The summed E-state index contributed by atoms with van der Waals surface area (Å²) in [6.07, 6.45) is 9.62. The minimum atomic E-state index is -1.17. The number of carbonyl (C=O) groups is 1. The van der Waals surface area contributed by atoms with Crippen LogP contribution in [0.5, 0.6) is 0 Å². The zero-order chi connectivity index (χ0) is 14.8. The van der Waals surface area contributed by atoms with Gasteiger partial charge >= 0.3 is 0 Å². The molecule has 0 aromatic carbocycles. The lowest BCUT2D eigenvalue weighted by molar-refractivity contribution is -0.140. The first-order valence-corrected chi connectivity index (χ1v) is 9.15. The normalized spacial score (nSPS) is 56.5. The van der Waals surface area contributed by atoms with Crippen LogP contribution in [0, 0.1) is 34.5 Å². The SMILES string of the molecule is C[C@]12CCCCC1CC[C@@H]1[C@H]2CC[C@]2(C)C(=O)C(F)C[C@@H]12. The van der Waals surface area contributed by atoms with Crippen LogP contribution < -0.4 is 0 Å². The van der Waals surface area contributed by atoms with E-state index in [-0.39, 0.29) is 11.2 Å². The quantitative estimate of drug-likeness (QED) is 0.618. The second-order valence-electron chi connectivity index (χ2n) is 8.93. The van der Waals surface area contributed by atoms with E-state index < -0.39 is 6.17 Å². The molecule has 0 amide bonds. The predicted octanol–water partition coefficient (Wildman–Crippen LogP) is 4.94. The van der Waals surface area contributed by atoms with Crippen LogP contribution in [-0.4, -0.2) is 12.0 Å². The van der Waals surface area contributed by atoms with Gasteiger partial charge in [0, 0.05) is 5.41 Å². The van der Waals surface area contributed by atoms with Crippen molar-refractivity contribution < 1.29 is 9.18 Å². The Balaban J connectivity index is 1.67. The maximum absolute atomic E-state index is 14.1. The van der Waals surface area contributed by atoms with Gasteiger partial charge in [-0.05, 0) is 74.0 Å². The van der Waals surface area contributed by atoms with Crippen molar-refractivity contribution in [1.82, 2.24) is 0 Å². The van der Waals surface area contributed by atoms with Crippen molar-refractivity contribution in [3.05, 3.63) is 0 Å². The van der Waals surface area contributed by atoms with Crippen molar-refractivity contribution in [3.63, 3.8) is 0 Å². The molecular weight excluding hydrogens is 263 g/mol. The second-order valence-corrected chi connectivity index (χ2v) is 8.93. The third-order valence-corrected chi connectivity index (χ3v) is 8.28. The van der Waals surface area contributed by atoms with E-state index in [1.165, 1.54) is 44.9 Å². The Morgan fingerprint density at radius 2 is 1.81 bits per heavy atom. The molecule has 0 aromatic rings. The van der Waals surface area contributed by atoms with Crippen molar-refractivity contribution in [3.8, 4) is 0 Å². The number of ketones is 1. The van der Waals surface area contributed by atoms with E-state index in [1.54, 1.807) is 0 Å². The summed E-state index contributed by atoms with van der Waals surface area (Å²) in [5.41, 5.74) is 0.151. The molecule has 4 aliphatic carbocycles. The number of Topliss-reactive ketones (excluding diaryl/α,β-unsaturated/α-hetero) is 1. The summed E-state index contributed by atoms with van der Waals surface area (Å²) in [5.74, 6) is 2.54. The standard InChI is InChI=1S/C19H29FO/c1-18-9-4-3-5-12(18)6-7-13-14(18)8-10-19(2)15(13)11-16(20)17(19)21/h12-16H,3-11H2,1-2H3/t12?,13-,14-,15+,16?,18+,19+/m1/s1. The third-order valence-electron chi connectivity index (χ3n) is 8.28. The average Bonchev–Trinajstić information content (AvgIpc) is 2.70. The van der Waals surface area contributed by atoms with E-state index in [0.717, 1.165) is 18.3 Å². The minimum Gasteiger partial charge on any atom is -0.296 e. The minimum absolute atomic E-state index is 0.0677. The summed E-state index contributed by atoms with van der Waals surface area (Å²) in [7, 11) is 0. The summed E-state index contributed by atoms with van der Waals surface area (Å²) < 4.78 is 14.1. The Bertz CT molecular complexity index is 460. The number of rotatable bonds is 0. The molecule has 2 unspecified atom stereocenters. The summed E-state index contributed by atoms with van der Waals surface area (Å²) in [6.45, 7) is 4.60. The Morgan fingerprint density at radius 1 is 1.00 bits per heavy atom. The van der Waals surface area contributed by atoms with Gasteiger partial charge in [0.15, 0.2) is 12.0 Å². The first-order valence-electron chi connectivity index (χ1n) is 9.15. The highest BCUT2D eigenvalue weighted by Crippen LogP contribution is 2.65. The van der Waals surface area contributed by atoms with Gasteiger partial charge in [0.05, 0.1) is 0 Å². The van der Waals surface area contributed by atoms with Crippen molar-refractivity contribution in [2.75, 3.05) is 0 Å². The molecule has 118 valence electrons. The van der Waals surface area contributed by atoms with E-state index in [4.69, 9.17) is 0 Å². The first kappa shape index (κ1) is 14.2. The van der Waals surface area contributed by atoms with Gasteiger partial charge in [-0.1, -0.05) is 26.7 Å². The fourth-order valence-corrected chi connectivity index (χ4v) is 7.04. The maximum Gasteiger partial charge on any atom is 0.173 e. The number of carbonyl (C=O) groups excluding carboxylic acids is 1. The van der Waals surface area contributed by atoms with E-state index >= 15 is 0 Å². The van der Waals surface area contributed by atoms with Crippen molar-refractivity contribution in [1.29, 1.82) is 0 Å². The summed E-state index contributed by atoms with van der Waals surface area (Å²) in [5, 5.41) is 0. The van der Waals surface area contributed by atoms with Gasteiger partial charge in [0.1, 0.15) is 0 Å². The lowest BCUT2D eigenvalue weighted by atomic mass is 9.45. The Hall–Kier alpha value is -0.400. The van der Waals surface area contributed by atoms with Gasteiger partial charge in [-0.25, -0.2) is 4.39 Å². The van der Waals surface area contributed by atoms with Crippen LogP contribution >= 0.6 is 0 Å². The number of alkyl halides is 1. The van der Waals surface area contributed by atoms with Crippen LogP contribution in [0.25, 0.3) is 0 Å². The molecule has 4 fully saturated rings. The molecule has 4 aliphatic rings. The Labute approximate surface area is 128 Å². The molecule has 4 saturated carbocycles. The van der Waals surface area contributed by atoms with Crippen LogP contribution in [-0.2, 0) is 4.79 Å². The zero-order valence-electron chi connectivity index (χ0n) is 13.5. The molecule has 21 heavy (non-hydrogen) atoms. The highest BCUT2D eigenvalue weighted by molar-refractivity contribution is 5.91. The first-order chi connectivity index (χ1) is 9.97. The van der Waals surface area contributed by atoms with Gasteiger partial charge in [-0.15, -0.1) is 0 Å². The van der Waals surface area contributed by atoms with E-state index in [9.17, 15) is 9.18 Å². The molecule has 0 heterocycles. The highest BCUT2D eigenvalue weighted by Gasteiger charge is 2.62. The molecule has 4 rings (SSSR count). The fraction of sp³-hybridized carbons (Fsp3) is 0.947. The van der Waals surface area contributed by atoms with Gasteiger partial charge in [-0.2, -0.15) is 0 Å². The van der Waals surface area contributed by atoms with Gasteiger partial charge in [0.25, 0.3) is 0 Å². The van der Waals surface area contributed by atoms with E-state index in [0.29, 0.717) is 23.7 Å². The topological polar surface area (TPSA) is 17.1 Å². The van der Waals surface area contributed by atoms with Gasteiger partial charge < -0.3 is 0 Å². The number of hydrogen-bond acceptors (Lipinski definition) is 1. The number of fused-ring (bicyclic) bond motifs is 5. The molecule has 0 radical (unpaired) electrons. The van der Waals surface area contributed by atoms with Crippen LogP contribution in [0.3, 0.4) is 0 Å². The molecular formula is C19H29FO. The van der Waals surface area contributed by atoms with Crippen LogP contribution in [0.1, 0.15) is 71.6 Å². The molecule has 0 aromatic heterocycles. The second kappa shape index (κ2) is 4.55. The van der Waals surface area contributed by atoms with Crippen molar-refractivity contribution in [2.24, 2.45) is 34.5 Å². The van der Waals surface area contributed by atoms with Crippen LogP contribution in [0.4, 0.5) is 4.39 Å². The lowest BCUT2D eigenvalue weighted by Gasteiger charge is -2.59. The largest absolute Gasteiger partial charge is 0.296 e. The highest BCUT2D eigenvalue weighted by atomic mass is 19.1. The molecule has 2 heteroatoms. The van der Waals surface area contributed by atoms with Gasteiger partial charge in [-0.3, -0.25) is 4.79 Å². The monoisotopic (exact) mass is 292 g/mol. The predicted molar refractivity (Wildman–Crippen MR) is 81.6 cm³/mol. The van der Waals surface area contributed by atoms with Crippen molar-refractivity contribution >= 4 is 5.78 Å². The Morgan fingerprint density at radius 3 is 2.62 bits per heavy atom. The fourth-order valence-electron chi connectivity index (χ4n) is 7.04. The molecule has 0 saturated heterocycles. The summed E-state index contributed by atoms with van der Waals surface area (Å²) in [6, 6.07) is 0. The molecule has 0 N–H and O–H groups in total. The van der Waals surface area contributed by atoms with Crippen molar-refractivity contribution in [2.45, 2.75) is 77.8 Å². The third kappa shape index (κ3) is 1.77. The molecule has 7 atom stereocenters. The van der Waals surface area contributed by atoms with E-state index in [2.05, 4.69) is 13.8 Å². The Kier molecular flexibility index (Phi) is 3.08. The average molecular weight is 292 g/mol. The summed E-state index contributed by atoms with van der Waals surface area (Å²) >= 11 is 0. The molecule has 0 aliphatic heterocycles. The van der Waals surface area contributed by atoms with Crippen LogP contribution in [0.2, 0.25) is 0 Å². The number of hydrogen-bond donors (Lipinski definition) is 0. The molecule has 0 spiro atoms. The summed E-state index contributed by atoms with van der Waals surface area (Å²) in [4.78, 5) is 12.3. The van der Waals surface area contributed by atoms with Gasteiger partial charge in [0.2, 0.25) is 0 Å². The zero-order valence-corrected chi connectivity index (χ0v) is 13.5. The maximum atomic E-state index is 14.1. The smallest absolute Gasteiger partial charge is 0.173 e. The van der Waals surface area contributed by atoms with E-state index in [1.807, 2.05) is 0 Å². The van der Waals surface area contributed by atoms with Crippen LogP contribution in [0.15, 0.2) is 0 Å². The molecule has 0 bridgehead atoms. The molecule has 1 nitrogen and oxygen atoms in total. The lowest BCUT2D eigenvalue weighted by Crippen LogP contribution is -2.52.